The van der Waals surface area contributed by atoms with Crippen molar-refractivity contribution >= 4 is 0 Å². The monoisotopic (exact) mass is 186 g/mol. The largest absolute Gasteiger partial charge is 0.324 e. The highest BCUT2D eigenvalue weighted by atomic mass is 15.3. The molecule has 0 aliphatic carbocycles. The summed E-state index contributed by atoms with van der Waals surface area (Å²) in [5.74, 6) is 0. The normalized spacial score (nSPS) is 18.2. The third-order valence-corrected chi connectivity index (χ3v) is 3.52. The van der Waals surface area contributed by atoms with E-state index in [1.54, 1.807) is 0 Å². The smallest absolute Gasteiger partial charge is 0.0859 e. The van der Waals surface area contributed by atoms with E-state index in [9.17, 15) is 0 Å². The van der Waals surface area contributed by atoms with Crippen LogP contribution in [0.1, 0.15) is 53.4 Å². The molecule has 1 heteroatoms. The van der Waals surface area contributed by atoms with Crippen molar-refractivity contribution in [1.82, 2.24) is 0 Å². The first kappa shape index (κ1) is 13.0. The summed E-state index contributed by atoms with van der Waals surface area (Å²) < 4.78 is 1.27. The summed E-state index contributed by atoms with van der Waals surface area (Å²) in [4.78, 5) is 0. The number of quaternary nitrogens is 1. The van der Waals surface area contributed by atoms with Crippen LogP contribution in [0.5, 0.6) is 0 Å². The highest BCUT2D eigenvalue weighted by molar-refractivity contribution is 4.51. The number of unbranched alkanes of at least 4 members (excludes halogenated alkanes) is 1. The third kappa shape index (κ3) is 4.12. The molecule has 0 aliphatic heterocycles. The van der Waals surface area contributed by atoms with Gasteiger partial charge >= 0.3 is 0 Å². The molecule has 2 atom stereocenters. The lowest BCUT2D eigenvalue weighted by Crippen LogP contribution is -2.51. The molecule has 0 fully saturated rings. The molecule has 0 aliphatic rings. The van der Waals surface area contributed by atoms with Gasteiger partial charge in [-0.2, -0.15) is 0 Å². The Morgan fingerprint density at radius 1 is 1.08 bits per heavy atom. The maximum Gasteiger partial charge on any atom is 0.0859 e. The van der Waals surface area contributed by atoms with E-state index in [-0.39, 0.29) is 0 Å². The van der Waals surface area contributed by atoms with Crippen LogP contribution in [0.2, 0.25) is 0 Å². The highest BCUT2D eigenvalue weighted by Gasteiger charge is 2.25. The maximum absolute atomic E-state index is 2.41. The van der Waals surface area contributed by atoms with Crippen LogP contribution in [0, 0.1) is 0 Å². The number of hydrogen-bond donors (Lipinski definition) is 0. The fourth-order valence-electron chi connectivity index (χ4n) is 1.94. The Hall–Kier alpha value is -0.0400. The van der Waals surface area contributed by atoms with Crippen LogP contribution < -0.4 is 0 Å². The van der Waals surface area contributed by atoms with Crippen LogP contribution >= 0.6 is 0 Å². The predicted molar refractivity (Wildman–Crippen MR) is 60.9 cm³/mol. The zero-order valence-electron chi connectivity index (χ0n) is 10.3. The van der Waals surface area contributed by atoms with Gasteiger partial charge in [-0.05, 0) is 26.7 Å². The predicted octanol–water partition coefficient (Wildman–Crippen LogP) is 3.44. The summed E-state index contributed by atoms with van der Waals surface area (Å²) in [6.45, 7) is 11.9. The molecule has 80 valence electrons. The first-order valence-corrected chi connectivity index (χ1v) is 5.94. The fraction of sp³-hybridized carbons (Fsp3) is 1.00. The molecule has 0 aromatic carbocycles. The first-order valence-electron chi connectivity index (χ1n) is 5.94. The summed E-state index contributed by atoms with van der Waals surface area (Å²) in [6, 6.07) is 0.835. The zero-order chi connectivity index (χ0) is 10.3. The Morgan fingerprint density at radius 3 is 2.08 bits per heavy atom. The van der Waals surface area contributed by atoms with Gasteiger partial charge in [0.25, 0.3) is 0 Å². The summed E-state index contributed by atoms with van der Waals surface area (Å²) in [5.41, 5.74) is 0. The molecule has 0 aromatic heterocycles. The Bertz CT molecular complexity index is 122. The molecule has 0 heterocycles. The van der Waals surface area contributed by atoms with Gasteiger partial charge in [0.05, 0.1) is 26.2 Å². The van der Waals surface area contributed by atoms with Gasteiger partial charge in [-0.15, -0.1) is 0 Å². The minimum Gasteiger partial charge on any atom is -0.324 e. The molecule has 2 unspecified atom stereocenters. The van der Waals surface area contributed by atoms with Crippen LogP contribution in [-0.4, -0.2) is 30.7 Å². The summed E-state index contributed by atoms with van der Waals surface area (Å²) in [7, 11) is 2.41. The quantitative estimate of drug-likeness (QED) is 0.534. The van der Waals surface area contributed by atoms with Gasteiger partial charge in [0, 0.05) is 0 Å². The second kappa shape index (κ2) is 6.42. The van der Waals surface area contributed by atoms with Crippen molar-refractivity contribution in [1.29, 1.82) is 0 Å². The highest BCUT2D eigenvalue weighted by Crippen LogP contribution is 2.16. The van der Waals surface area contributed by atoms with Crippen LogP contribution in [-0.2, 0) is 0 Å². The second-order valence-electron chi connectivity index (χ2n) is 4.51. The fourth-order valence-corrected chi connectivity index (χ4v) is 1.94. The van der Waals surface area contributed by atoms with Gasteiger partial charge in [0.2, 0.25) is 0 Å². The lowest BCUT2D eigenvalue weighted by molar-refractivity contribution is -0.930. The van der Waals surface area contributed by atoms with Crippen molar-refractivity contribution < 1.29 is 4.48 Å². The van der Waals surface area contributed by atoms with Gasteiger partial charge in [-0.25, -0.2) is 0 Å². The average Bonchev–Trinajstić information content (AvgIpc) is 2.14. The van der Waals surface area contributed by atoms with Crippen LogP contribution in [0.25, 0.3) is 0 Å². The molecular weight excluding hydrogens is 158 g/mol. The van der Waals surface area contributed by atoms with E-state index < -0.39 is 0 Å². The van der Waals surface area contributed by atoms with Crippen molar-refractivity contribution in [3.8, 4) is 0 Å². The van der Waals surface area contributed by atoms with E-state index in [0.29, 0.717) is 0 Å². The van der Waals surface area contributed by atoms with E-state index in [0.717, 1.165) is 6.04 Å². The molecular formula is C12H28N+. The van der Waals surface area contributed by atoms with Gasteiger partial charge < -0.3 is 4.48 Å². The molecule has 13 heavy (non-hydrogen) atoms. The van der Waals surface area contributed by atoms with Crippen molar-refractivity contribution in [2.45, 2.75) is 59.4 Å². The SMILES string of the molecule is CCCC[N+](C)(CC)C(C)CCC. The number of nitrogens with zero attached hydrogens (tertiary/aromatic N) is 1. The zero-order valence-corrected chi connectivity index (χ0v) is 10.3. The van der Waals surface area contributed by atoms with Gasteiger partial charge in [0.1, 0.15) is 0 Å². The molecule has 0 rings (SSSR count). The Balaban J connectivity index is 4.07. The van der Waals surface area contributed by atoms with Crippen LogP contribution in [0.15, 0.2) is 0 Å². The van der Waals surface area contributed by atoms with Gasteiger partial charge in [-0.1, -0.05) is 26.7 Å². The van der Waals surface area contributed by atoms with E-state index >= 15 is 0 Å². The lowest BCUT2D eigenvalue weighted by Gasteiger charge is -2.39. The van der Waals surface area contributed by atoms with Crippen molar-refractivity contribution in [3.05, 3.63) is 0 Å². The van der Waals surface area contributed by atoms with Gasteiger partial charge in [0.15, 0.2) is 0 Å². The summed E-state index contributed by atoms with van der Waals surface area (Å²) in [5, 5.41) is 0. The van der Waals surface area contributed by atoms with Crippen LogP contribution in [0.4, 0.5) is 0 Å². The van der Waals surface area contributed by atoms with Crippen molar-refractivity contribution in [2.24, 2.45) is 0 Å². The molecule has 0 radical (unpaired) electrons. The van der Waals surface area contributed by atoms with Crippen molar-refractivity contribution in [3.63, 3.8) is 0 Å². The number of rotatable bonds is 7. The Labute approximate surface area is 84.7 Å². The lowest BCUT2D eigenvalue weighted by atomic mass is 10.1. The Kier molecular flexibility index (Phi) is 6.40. The average molecular weight is 186 g/mol. The first-order chi connectivity index (χ1) is 6.10. The second-order valence-corrected chi connectivity index (χ2v) is 4.51. The minimum absolute atomic E-state index is 0.835. The Morgan fingerprint density at radius 2 is 1.69 bits per heavy atom. The third-order valence-electron chi connectivity index (χ3n) is 3.52. The van der Waals surface area contributed by atoms with Crippen LogP contribution in [0.3, 0.4) is 0 Å². The molecule has 0 saturated carbocycles. The molecule has 0 bridgehead atoms. The molecule has 0 spiro atoms. The topological polar surface area (TPSA) is 0 Å². The summed E-state index contributed by atoms with van der Waals surface area (Å²) >= 11 is 0. The molecule has 0 amide bonds. The van der Waals surface area contributed by atoms with E-state index in [4.69, 9.17) is 0 Å². The summed E-state index contributed by atoms with van der Waals surface area (Å²) in [6.07, 6.45) is 5.39. The van der Waals surface area contributed by atoms with Gasteiger partial charge in [-0.3, -0.25) is 0 Å². The number of hydrogen-bond acceptors (Lipinski definition) is 0. The minimum atomic E-state index is 0.835. The van der Waals surface area contributed by atoms with E-state index in [1.165, 1.54) is 43.3 Å². The standard InChI is InChI=1S/C12H28N/c1-6-9-11-13(5,8-3)12(4)10-7-2/h12H,6-11H2,1-5H3/q+1. The molecule has 0 N–H and O–H groups in total. The molecule has 1 nitrogen and oxygen atoms in total. The maximum atomic E-state index is 2.41. The van der Waals surface area contributed by atoms with E-state index in [2.05, 4.69) is 34.7 Å². The molecule has 0 aromatic rings. The van der Waals surface area contributed by atoms with Crippen molar-refractivity contribution in [2.75, 3.05) is 20.1 Å². The molecule has 0 saturated heterocycles. The van der Waals surface area contributed by atoms with E-state index in [1.807, 2.05) is 0 Å².